The van der Waals surface area contributed by atoms with Gasteiger partial charge in [0.2, 0.25) is 0 Å². The zero-order valence-electron chi connectivity index (χ0n) is 11.0. The average molecular weight is 277 g/mol. The van der Waals surface area contributed by atoms with Gasteiger partial charge in [0.1, 0.15) is 11.5 Å². The second-order valence-electron chi connectivity index (χ2n) is 3.80. The first-order valence-electron chi connectivity index (χ1n) is 6.20. The summed E-state index contributed by atoms with van der Waals surface area (Å²) in [6.07, 6.45) is 0.00635. The van der Waals surface area contributed by atoms with Crippen LogP contribution in [0, 0.1) is 17.5 Å². The minimum Gasteiger partial charge on any atom is -0.380 e. The minimum atomic E-state index is -0.957. The van der Waals surface area contributed by atoms with Crippen LogP contribution in [0.25, 0.3) is 0 Å². The van der Waals surface area contributed by atoms with Crippen molar-refractivity contribution in [2.45, 2.75) is 26.6 Å². The number of rotatable bonds is 8. The van der Waals surface area contributed by atoms with E-state index in [1.807, 2.05) is 13.8 Å². The van der Waals surface area contributed by atoms with Gasteiger partial charge in [-0.2, -0.15) is 0 Å². The number of benzene rings is 1. The summed E-state index contributed by atoms with van der Waals surface area (Å²) >= 11 is 0. The molecular weight excluding hydrogens is 259 g/mol. The third-order valence-corrected chi connectivity index (χ3v) is 2.39. The van der Waals surface area contributed by atoms with Crippen molar-refractivity contribution < 1.29 is 22.6 Å². The van der Waals surface area contributed by atoms with Gasteiger partial charge in [-0.05, 0) is 13.8 Å². The van der Waals surface area contributed by atoms with Crippen LogP contribution in [0.2, 0.25) is 0 Å². The number of ether oxygens (including phenoxy) is 2. The molecule has 0 unspecified atom stereocenters. The van der Waals surface area contributed by atoms with Crippen LogP contribution in [0.4, 0.5) is 18.9 Å². The zero-order valence-corrected chi connectivity index (χ0v) is 11.0. The van der Waals surface area contributed by atoms with E-state index in [0.29, 0.717) is 31.8 Å². The second kappa shape index (κ2) is 8.01. The molecule has 0 saturated heterocycles. The van der Waals surface area contributed by atoms with E-state index in [9.17, 15) is 13.2 Å². The van der Waals surface area contributed by atoms with Crippen LogP contribution in [-0.4, -0.2) is 26.0 Å². The van der Waals surface area contributed by atoms with Gasteiger partial charge in [-0.1, -0.05) is 0 Å². The molecule has 0 saturated carbocycles. The summed E-state index contributed by atoms with van der Waals surface area (Å²) in [6.45, 7) is 4.90. The summed E-state index contributed by atoms with van der Waals surface area (Å²) < 4.78 is 49.9. The normalized spacial score (nSPS) is 11.1. The van der Waals surface area contributed by atoms with Crippen molar-refractivity contribution in [1.29, 1.82) is 0 Å². The molecule has 0 bridgehead atoms. The molecule has 0 fully saturated rings. The highest BCUT2D eigenvalue weighted by Crippen LogP contribution is 2.20. The van der Waals surface area contributed by atoms with Crippen LogP contribution in [0.1, 0.15) is 20.3 Å². The van der Waals surface area contributed by atoms with Crippen molar-refractivity contribution in [3.8, 4) is 0 Å². The van der Waals surface area contributed by atoms with E-state index in [0.717, 1.165) is 0 Å². The van der Waals surface area contributed by atoms with Crippen molar-refractivity contribution in [3.05, 3.63) is 29.6 Å². The predicted molar refractivity (Wildman–Crippen MR) is 66.5 cm³/mol. The molecule has 108 valence electrons. The smallest absolute Gasteiger partial charge is 0.159 e. The molecule has 1 aromatic carbocycles. The van der Waals surface area contributed by atoms with Gasteiger partial charge in [-0.3, -0.25) is 0 Å². The molecule has 1 N–H and O–H groups in total. The lowest BCUT2D eigenvalue weighted by molar-refractivity contribution is -0.137. The highest BCUT2D eigenvalue weighted by Gasteiger charge is 2.12. The largest absolute Gasteiger partial charge is 0.380 e. The third-order valence-electron chi connectivity index (χ3n) is 2.39. The van der Waals surface area contributed by atoms with Gasteiger partial charge in [0.15, 0.2) is 17.9 Å². The summed E-state index contributed by atoms with van der Waals surface area (Å²) in [4.78, 5) is 0. The Kier molecular flexibility index (Phi) is 6.66. The lowest BCUT2D eigenvalue weighted by atomic mass is 10.2. The molecule has 1 aromatic rings. The van der Waals surface area contributed by atoms with E-state index in [2.05, 4.69) is 5.32 Å². The minimum absolute atomic E-state index is 0.254. The van der Waals surface area contributed by atoms with Crippen LogP contribution in [0.5, 0.6) is 0 Å². The summed E-state index contributed by atoms with van der Waals surface area (Å²) in [5, 5.41) is 2.58. The topological polar surface area (TPSA) is 30.5 Å². The Morgan fingerprint density at radius 1 is 1.05 bits per heavy atom. The Morgan fingerprint density at radius 2 is 1.58 bits per heavy atom. The van der Waals surface area contributed by atoms with Gasteiger partial charge < -0.3 is 14.8 Å². The number of hydrogen-bond donors (Lipinski definition) is 1. The predicted octanol–water partition coefficient (Wildman–Crippen LogP) is 3.31. The first kappa shape index (κ1) is 15.8. The first-order chi connectivity index (χ1) is 9.08. The number of hydrogen-bond acceptors (Lipinski definition) is 3. The number of nitrogens with one attached hydrogen (secondary N) is 1. The monoisotopic (exact) mass is 277 g/mol. The highest BCUT2D eigenvalue weighted by atomic mass is 19.1. The Hall–Kier alpha value is -1.27. The van der Waals surface area contributed by atoms with Crippen molar-refractivity contribution in [1.82, 2.24) is 0 Å². The molecule has 3 nitrogen and oxygen atoms in total. The maximum atomic E-state index is 13.3. The summed E-state index contributed by atoms with van der Waals surface area (Å²) in [6, 6.07) is 1.27. The van der Waals surface area contributed by atoms with Gasteiger partial charge in [0, 0.05) is 38.3 Å². The third kappa shape index (κ3) is 5.08. The van der Waals surface area contributed by atoms with Crippen LogP contribution in [-0.2, 0) is 9.47 Å². The molecule has 0 amide bonds. The lowest BCUT2D eigenvalue weighted by Gasteiger charge is -2.17. The molecule has 0 aromatic heterocycles. The maximum Gasteiger partial charge on any atom is 0.159 e. The fourth-order valence-corrected chi connectivity index (χ4v) is 1.61. The van der Waals surface area contributed by atoms with Crippen molar-refractivity contribution >= 4 is 5.69 Å². The number of halogens is 3. The summed E-state index contributed by atoms with van der Waals surface area (Å²) in [7, 11) is 0. The fraction of sp³-hybridized carbons (Fsp3) is 0.538. The zero-order chi connectivity index (χ0) is 14.3. The van der Waals surface area contributed by atoms with Gasteiger partial charge in [-0.15, -0.1) is 0 Å². The second-order valence-corrected chi connectivity index (χ2v) is 3.80. The lowest BCUT2D eigenvalue weighted by Crippen LogP contribution is -2.21. The molecule has 0 aliphatic carbocycles. The highest BCUT2D eigenvalue weighted by molar-refractivity contribution is 5.46. The number of anilines is 1. The van der Waals surface area contributed by atoms with E-state index in [1.54, 1.807) is 0 Å². The quantitative estimate of drug-likeness (QED) is 0.739. The summed E-state index contributed by atoms with van der Waals surface area (Å²) in [5.74, 6) is -2.86. The van der Waals surface area contributed by atoms with Crippen LogP contribution < -0.4 is 5.32 Å². The Bertz CT molecular complexity index is 372. The van der Waals surface area contributed by atoms with Gasteiger partial charge in [0.05, 0.1) is 0 Å². The molecule has 0 heterocycles. The van der Waals surface area contributed by atoms with E-state index < -0.39 is 23.7 Å². The van der Waals surface area contributed by atoms with E-state index in [4.69, 9.17) is 9.47 Å². The fourth-order valence-electron chi connectivity index (χ4n) is 1.61. The SMILES string of the molecule is CCOC(CCNc1c(F)cc(F)cc1F)OCC. The molecule has 6 heteroatoms. The molecule has 1 rings (SSSR count). The van der Waals surface area contributed by atoms with Gasteiger partial charge >= 0.3 is 0 Å². The van der Waals surface area contributed by atoms with Crippen LogP contribution in [0.3, 0.4) is 0 Å². The van der Waals surface area contributed by atoms with Crippen molar-refractivity contribution in [2.75, 3.05) is 25.1 Å². The molecule has 0 atom stereocenters. The Labute approximate surface area is 110 Å². The van der Waals surface area contributed by atoms with E-state index >= 15 is 0 Å². The molecular formula is C13H18F3NO2. The molecule has 0 radical (unpaired) electrons. The van der Waals surface area contributed by atoms with Crippen molar-refractivity contribution in [3.63, 3.8) is 0 Å². The standard InChI is InChI=1S/C13H18F3NO2/c1-3-18-12(19-4-2)5-6-17-13-10(15)7-9(14)8-11(13)16/h7-8,12,17H,3-6H2,1-2H3. The average Bonchev–Trinajstić information content (AvgIpc) is 2.32. The first-order valence-corrected chi connectivity index (χ1v) is 6.20. The summed E-state index contributed by atoms with van der Waals surface area (Å²) in [5.41, 5.74) is -0.340. The molecule has 19 heavy (non-hydrogen) atoms. The van der Waals surface area contributed by atoms with Gasteiger partial charge in [-0.25, -0.2) is 13.2 Å². The van der Waals surface area contributed by atoms with Crippen LogP contribution >= 0.6 is 0 Å². The molecule has 0 aliphatic rings. The van der Waals surface area contributed by atoms with E-state index in [1.165, 1.54) is 0 Å². The Balaban J connectivity index is 2.52. The molecule has 0 aliphatic heterocycles. The maximum absolute atomic E-state index is 13.3. The molecule has 0 spiro atoms. The van der Waals surface area contributed by atoms with Crippen molar-refractivity contribution in [2.24, 2.45) is 0 Å². The van der Waals surface area contributed by atoms with Gasteiger partial charge in [0.25, 0.3) is 0 Å². The van der Waals surface area contributed by atoms with E-state index in [-0.39, 0.29) is 12.2 Å². The van der Waals surface area contributed by atoms with Crippen LogP contribution in [0.15, 0.2) is 12.1 Å². The Morgan fingerprint density at radius 3 is 2.05 bits per heavy atom.